The average Bonchev–Trinajstić information content (AvgIpc) is 2.89. The predicted molar refractivity (Wildman–Crippen MR) is 87.2 cm³/mol. The Hall–Kier alpha value is -1.01. The fourth-order valence-corrected chi connectivity index (χ4v) is 3.38. The molecule has 6 heteroatoms. The highest BCUT2D eigenvalue weighted by molar-refractivity contribution is 7.98. The number of aryl methyl sites for hydroxylation is 1. The van der Waals surface area contributed by atoms with E-state index in [4.69, 9.17) is 5.73 Å². The molecule has 2 N–H and O–H groups in total. The van der Waals surface area contributed by atoms with Gasteiger partial charge in [0.1, 0.15) is 5.82 Å². The number of piperidine rings is 1. The van der Waals surface area contributed by atoms with Crippen LogP contribution in [0.4, 0.5) is 0 Å². The highest BCUT2D eigenvalue weighted by Gasteiger charge is 2.27. The Kier molecular flexibility index (Phi) is 6.11. The van der Waals surface area contributed by atoms with E-state index in [1.807, 2.05) is 30.6 Å². The van der Waals surface area contributed by atoms with E-state index in [2.05, 4.69) is 9.55 Å². The van der Waals surface area contributed by atoms with Crippen molar-refractivity contribution in [3.8, 4) is 0 Å². The second kappa shape index (κ2) is 7.84. The normalized spacial score (nSPS) is 20.5. The van der Waals surface area contributed by atoms with Crippen molar-refractivity contribution in [3.63, 3.8) is 0 Å². The van der Waals surface area contributed by atoms with Gasteiger partial charge in [-0.05, 0) is 37.2 Å². The first kappa shape index (κ1) is 16.4. The number of carbonyl (C=O) groups is 1. The van der Waals surface area contributed by atoms with Crippen LogP contribution >= 0.6 is 11.8 Å². The van der Waals surface area contributed by atoms with Crippen molar-refractivity contribution in [3.05, 3.63) is 18.2 Å². The number of likely N-dealkylation sites (tertiary alicyclic amines) is 1. The summed E-state index contributed by atoms with van der Waals surface area (Å²) in [6.07, 6.45) is 9.78. The molecular weight excluding hydrogens is 284 g/mol. The van der Waals surface area contributed by atoms with Crippen LogP contribution in [0.3, 0.4) is 0 Å². The molecule has 2 atom stereocenters. The minimum absolute atomic E-state index is 0.119. The first-order valence-electron chi connectivity index (χ1n) is 7.61. The second-order valence-electron chi connectivity index (χ2n) is 5.84. The van der Waals surface area contributed by atoms with Gasteiger partial charge in [0, 0.05) is 39.0 Å². The zero-order chi connectivity index (χ0) is 15.2. The average molecular weight is 310 g/mol. The first-order chi connectivity index (χ1) is 10.1. The summed E-state index contributed by atoms with van der Waals surface area (Å²) < 4.78 is 2.06. The molecule has 1 fully saturated rings. The molecule has 1 aliphatic heterocycles. The van der Waals surface area contributed by atoms with Crippen LogP contribution in [-0.2, 0) is 18.3 Å². The number of nitrogens with two attached hydrogens (primary N) is 1. The summed E-state index contributed by atoms with van der Waals surface area (Å²) in [5.41, 5.74) is 6.02. The summed E-state index contributed by atoms with van der Waals surface area (Å²) in [5, 5.41) is 0. The lowest BCUT2D eigenvalue weighted by Crippen LogP contribution is -2.48. The molecule has 2 rings (SSSR count). The quantitative estimate of drug-likeness (QED) is 0.860. The molecule has 21 heavy (non-hydrogen) atoms. The highest BCUT2D eigenvalue weighted by atomic mass is 32.2. The van der Waals surface area contributed by atoms with E-state index in [-0.39, 0.29) is 11.9 Å². The van der Waals surface area contributed by atoms with Crippen LogP contribution in [0.15, 0.2) is 12.4 Å². The highest BCUT2D eigenvalue weighted by Crippen LogP contribution is 2.21. The van der Waals surface area contributed by atoms with Gasteiger partial charge in [0.25, 0.3) is 0 Å². The third kappa shape index (κ3) is 4.48. The molecule has 0 saturated carbocycles. The zero-order valence-corrected chi connectivity index (χ0v) is 13.8. The Morgan fingerprint density at radius 2 is 2.43 bits per heavy atom. The van der Waals surface area contributed by atoms with Crippen molar-refractivity contribution in [2.45, 2.75) is 31.7 Å². The van der Waals surface area contributed by atoms with Gasteiger partial charge in [-0.3, -0.25) is 4.79 Å². The number of aromatic nitrogens is 2. The number of carbonyl (C=O) groups excluding carboxylic acids is 1. The van der Waals surface area contributed by atoms with Crippen molar-refractivity contribution in [1.29, 1.82) is 0 Å². The SMILES string of the molecule is CSCC[C@H](N)C(=O)N1CCC[C@H](Cc2nccn2C)C1. The van der Waals surface area contributed by atoms with Crippen LogP contribution in [-0.4, -0.2) is 51.5 Å². The first-order valence-corrected chi connectivity index (χ1v) is 9.00. The van der Waals surface area contributed by atoms with Crippen molar-refractivity contribution in [2.24, 2.45) is 18.7 Å². The Bertz CT molecular complexity index is 462. The van der Waals surface area contributed by atoms with Gasteiger partial charge in [-0.1, -0.05) is 0 Å². The van der Waals surface area contributed by atoms with Gasteiger partial charge in [0.2, 0.25) is 5.91 Å². The van der Waals surface area contributed by atoms with Gasteiger partial charge < -0.3 is 15.2 Å². The summed E-state index contributed by atoms with van der Waals surface area (Å²) >= 11 is 1.74. The maximum absolute atomic E-state index is 12.4. The summed E-state index contributed by atoms with van der Waals surface area (Å²) in [6.45, 7) is 1.67. The monoisotopic (exact) mass is 310 g/mol. The van der Waals surface area contributed by atoms with Gasteiger partial charge in [0.15, 0.2) is 0 Å². The molecule has 0 aliphatic carbocycles. The number of amides is 1. The van der Waals surface area contributed by atoms with E-state index in [9.17, 15) is 4.79 Å². The molecule has 0 bridgehead atoms. The Labute approximate surface area is 131 Å². The summed E-state index contributed by atoms with van der Waals surface area (Å²) in [7, 11) is 2.02. The molecule has 5 nitrogen and oxygen atoms in total. The molecule has 1 aromatic heterocycles. The Morgan fingerprint density at radius 3 is 3.10 bits per heavy atom. The lowest BCUT2D eigenvalue weighted by molar-refractivity contribution is -0.134. The van der Waals surface area contributed by atoms with Crippen LogP contribution in [0.25, 0.3) is 0 Å². The van der Waals surface area contributed by atoms with Gasteiger partial charge in [-0.15, -0.1) is 0 Å². The summed E-state index contributed by atoms with van der Waals surface area (Å²) in [6, 6.07) is -0.343. The lowest BCUT2D eigenvalue weighted by Gasteiger charge is -2.34. The third-order valence-corrected chi connectivity index (χ3v) is 4.82. The number of rotatable bonds is 6. The van der Waals surface area contributed by atoms with E-state index in [0.29, 0.717) is 5.92 Å². The van der Waals surface area contributed by atoms with Crippen LogP contribution in [0, 0.1) is 5.92 Å². The molecular formula is C15H26N4OS. The lowest BCUT2D eigenvalue weighted by atomic mass is 9.94. The van der Waals surface area contributed by atoms with E-state index < -0.39 is 0 Å². The van der Waals surface area contributed by atoms with Gasteiger partial charge in [0.05, 0.1) is 6.04 Å². The number of thioether (sulfide) groups is 1. The predicted octanol–water partition coefficient (Wildman–Crippen LogP) is 1.28. The van der Waals surface area contributed by atoms with Crippen molar-refractivity contribution < 1.29 is 4.79 Å². The number of hydrogen-bond donors (Lipinski definition) is 1. The topological polar surface area (TPSA) is 64.2 Å². The molecule has 1 saturated heterocycles. The van der Waals surface area contributed by atoms with E-state index >= 15 is 0 Å². The zero-order valence-electron chi connectivity index (χ0n) is 13.0. The molecule has 0 spiro atoms. The minimum atomic E-state index is -0.343. The molecule has 1 aliphatic rings. The summed E-state index contributed by atoms with van der Waals surface area (Å²) in [4.78, 5) is 18.7. The van der Waals surface area contributed by atoms with Crippen molar-refractivity contribution in [1.82, 2.24) is 14.5 Å². The molecule has 1 aromatic rings. The largest absolute Gasteiger partial charge is 0.341 e. The maximum atomic E-state index is 12.4. The van der Waals surface area contributed by atoms with E-state index in [1.165, 1.54) is 0 Å². The fraction of sp³-hybridized carbons (Fsp3) is 0.733. The molecule has 1 amide bonds. The van der Waals surface area contributed by atoms with E-state index in [1.54, 1.807) is 11.8 Å². The molecule has 118 valence electrons. The standard InChI is InChI=1S/C15H26N4OS/c1-18-8-6-17-14(18)10-12-4-3-7-19(11-12)15(20)13(16)5-9-21-2/h6,8,12-13H,3-5,7,9-11,16H2,1-2H3/t12-,13+/m1/s1. The van der Waals surface area contributed by atoms with Crippen molar-refractivity contribution >= 4 is 17.7 Å². The minimum Gasteiger partial charge on any atom is -0.341 e. The molecule has 0 unspecified atom stereocenters. The van der Waals surface area contributed by atoms with Gasteiger partial charge in [-0.2, -0.15) is 11.8 Å². The smallest absolute Gasteiger partial charge is 0.239 e. The number of nitrogens with zero attached hydrogens (tertiary/aromatic N) is 3. The van der Waals surface area contributed by atoms with Gasteiger partial charge >= 0.3 is 0 Å². The molecule has 2 heterocycles. The Balaban J connectivity index is 1.88. The number of hydrogen-bond acceptors (Lipinski definition) is 4. The molecule has 0 radical (unpaired) electrons. The summed E-state index contributed by atoms with van der Waals surface area (Å²) in [5.74, 6) is 2.66. The van der Waals surface area contributed by atoms with Crippen LogP contribution in [0.1, 0.15) is 25.1 Å². The van der Waals surface area contributed by atoms with E-state index in [0.717, 1.165) is 50.4 Å². The van der Waals surface area contributed by atoms with Gasteiger partial charge in [-0.25, -0.2) is 4.98 Å². The second-order valence-corrected chi connectivity index (χ2v) is 6.82. The fourth-order valence-electron chi connectivity index (χ4n) is 2.89. The molecule has 0 aromatic carbocycles. The van der Waals surface area contributed by atoms with Crippen LogP contribution < -0.4 is 5.73 Å². The number of imidazole rings is 1. The third-order valence-electron chi connectivity index (χ3n) is 4.17. The Morgan fingerprint density at radius 1 is 1.62 bits per heavy atom. The van der Waals surface area contributed by atoms with Crippen LogP contribution in [0.2, 0.25) is 0 Å². The van der Waals surface area contributed by atoms with Crippen molar-refractivity contribution in [2.75, 3.05) is 25.1 Å². The van der Waals surface area contributed by atoms with Crippen LogP contribution in [0.5, 0.6) is 0 Å². The maximum Gasteiger partial charge on any atom is 0.239 e.